The predicted octanol–water partition coefficient (Wildman–Crippen LogP) is 1.02. The van der Waals surface area contributed by atoms with E-state index in [2.05, 4.69) is 17.1 Å². The maximum Gasteiger partial charge on any atom is 0.0580 e. The summed E-state index contributed by atoms with van der Waals surface area (Å²) >= 11 is 0. The minimum absolute atomic E-state index is 0.0226. The fraction of sp³-hybridized carbons (Fsp3) is 0.800. The molecular weight excluding hydrogens is 150 g/mol. The highest BCUT2D eigenvalue weighted by atomic mass is 16.3. The van der Waals surface area contributed by atoms with Gasteiger partial charge in [-0.1, -0.05) is 18.6 Å². The van der Waals surface area contributed by atoms with Crippen molar-refractivity contribution in [3.05, 3.63) is 12.2 Å². The van der Waals surface area contributed by atoms with Crippen LogP contribution in [-0.2, 0) is 0 Å². The summed E-state index contributed by atoms with van der Waals surface area (Å²) in [4.78, 5) is 2.40. The van der Waals surface area contributed by atoms with Crippen molar-refractivity contribution >= 4 is 0 Å². The van der Waals surface area contributed by atoms with Gasteiger partial charge in [-0.15, -0.1) is 0 Å². The van der Waals surface area contributed by atoms with Gasteiger partial charge in [-0.3, -0.25) is 4.90 Å². The van der Waals surface area contributed by atoms with Crippen LogP contribution in [0, 0.1) is 5.92 Å². The minimum atomic E-state index is -0.0226. The number of nitrogens with zero attached hydrogens (tertiary/aromatic N) is 1. The molecule has 2 aliphatic rings. The lowest BCUT2D eigenvalue weighted by molar-refractivity contribution is 0.110. The van der Waals surface area contributed by atoms with Crippen LogP contribution in [0.4, 0.5) is 0 Å². The van der Waals surface area contributed by atoms with Crippen molar-refractivity contribution in [1.82, 2.24) is 4.90 Å². The fourth-order valence-electron chi connectivity index (χ4n) is 2.23. The number of rotatable bonds is 2. The minimum Gasteiger partial charge on any atom is -0.393 e. The third kappa shape index (κ3) is 1.70. The zero-order valence-corrected chi connectivity index (χ0v) is 7.45. The molecule has 2 unspecified atom stereocenters. The van der Waals surface area contributed by atoms with Crippen LogP contribution >= 0.6 is 0 Å². The first kappa shape index (κ1) is 8.27. The third-order valence-corrected chi connectivity index (χ3v) is 3.01. The normalized spacial score (nSPS) is 36.4. The van der Waals surface area contributed by atoms with Crippen molar-refractivity contribution < 1.29 is 5.11 Å². The molecule has 0 radical (unpaired) electrons. The molecule has 1 aliphatic heterocycles. The Morgan fingerprint density at radius 3 is 2.58 bits per heavy atom. The van der Waals surface area contributed by atoms with Crippen molar-refractivity contribution in [2.45, 2.75) is 25.4 Å². The van der Waals surface area contributed by atoms with Crippen LogP contribution in [0.25, 0.3) is 0 Å². The zero-order valence-electron chi connectivity index (χ0n) is 7.45. The van der Waals surface area contributed by atoms with E-state index in [4.69, 9.17) is 0 Å². The van der Waals surface area contributed by atoms with Crippen LogP contribution in [0.2, 0.25) is 0 Å². The lowest BCUT2D eigenvalue weighted by Crippen LogP contribution is -2.30. The standard InChI is InChI=1S/C10H17NO/c12-10-5-3-4-9(10)8-11-6-1-2-7-11/h1-2,9-10,12H,3-8H2. The Morgan fingerprint density at radius 2 is 2.00 bits per heavy atom. The van der Waals surface area contributed by atoms with E-state index >= 15 is 0 Å². The van der Waals surface area contributed by atoms with Gasteiger partial charge in [0.2, 0.25) is 0 Å². The molecule has 1 N–H and O–H groups in total. The van der Waals surface area contributed by atoms with Gasteiger partial charge >= 0.3 is 0 Å². The van der Waals surface area contributed by atoms with Crippen molar-refractivity contribution in [3.63, 3.8) is 0 Å². The molecule has 68 valence electrons. The molecule has 1 fully saturated rings. The van der Waals surface area contributed by atoms with E-state index in [0.717, 1.165) is 26.1 Å². The Balaban J connectivity index is 1.78. The monoisotopic (exact) mass is 167 g/mol. The summed E-state index contributed by atoms with van der Waals surface area (Å²) in [6.45, 7) is 3.26. The molecule has 2 nitrogen and oxygen atoms in total. The summed E-state index contributed by atoms with van der Waals surface area (Å²) in [6.07, 6.45) is 7.85. The maximum atomic E-state index is 9.60. The van der Waals surface area contributed by atoms with Gasteiger partial charge in [0.1, 0.15) is 0 Å². The number of aliphatic hydroxyl groups is 1. The molecule has 0 aromatic rings. The summed E-state index contributed by atoms with van der Waals surface area (Å²) < 4.78 is 0. The number of hydrogen-bond donors (Lipinski definition) is 1. The van der Waals surface area contributed by atoms with E-state index in [1.807, 2.05) is 0 Å². The van der Waals surface area contributed by atoms with Gasteiger partial charge in [0.15, 0.2) is 0 Å². The molecule has 1 heterocycles. The van der Waals surface area contributed by atoms with E-state index in [-0.39, 0.29) is 6.10 Å². The van der Waals surface area contributed by atoms with E-state index in [0.29, 0.717) is 5.92 Å². The Hall–Kier alpha value is -0.340. The Bertz CT molecular complexity index is 171. The Kier molecular flexibility index (Phi) is 2.47. The van der Waals surface area contributed by atoms with Crippen molar-refractivity contribution in [2.75, 3.05) is 19.6 Å². The van der Waals surface area contributed by atoms with Gasteiger partial charge in [0.25, 0.3) is 0 Å². The van der Waals surface area contributed by atoms with Gasteiger partial charge in [-0.25, -0.2) is 0 Å². The summed E-state index contributed by atoms with van der Waals surface area (Å²) in [5, 5.41) is 9.60. The van der Waals surface area contributed by atoms with Crippen LogP contribution in [0.1, 0.15) is 19.3 Å². The van der Waals surface area contributed by atoms with Crippen molar-refractivity contribution in [3.8, 4) is 0 Å². The van der Waals surface area contributed by atoms with Gasteiger partial charge < -0.3 is 5.11 Å². The molecule has 0 spiro atoms. The molecular formula is C10H17NO. The van der Waals surface area contributed by atoms with Crippen LogP contribution in [-0.4, -0.2) is 35.7 Å². The van der Waals surface area contributed by atoms with Gasteiger partial charge in [0, 0.05) is 19.6 Å². The van der Waals surface area contributed by atoms with Crippen molar-refractivity contribution in [1.29, 1.82) is 0 Å². The molecule has 0 bridgehead atoms. The molecule has 2 atom stereocenters. The van der Waals surface area contributed by atoms with E-state index < -0.39 is 0 Å². The first-order valence-electron chi connectivity index (χ1n) is 4.91. The van der Waals surface area contributed by atoms with E-state index in [1.165, 1.54) is 12.8 Å². The molecule has 0 aromatic carbocycles. The molecule has 0 amide bonds. The molecule has 12 heavy (non-hydrogen) atoms. The summed E-state index contributed by atoms with van der Waals surface area (Å²) in [7, 11) is 0. The van der Waals surface area contributed by atoms with Crippen molar-refractivity contribution in [2.24, 2.45) is 5.92 Å². The average Bonchev–Trinajstić information content (AvgIpc) is 2.65. The molecule has 2 heteroatoms. The van der Waals surface area contributed by atoms with E-state index in [9.17, 15) is 5.11 Å². The second-order valence-electron chi connectivity index (χ2n) is 3.95. The van der Waals surface area contributed by atoms with Crippen LogP contribution < -0.4 is 0 Å². The SMILES string of the molecule is OC1CCCC1CN1CC=CC1. The molecule has 0 saturated heterocycles. The quantitative estimate of drug-likeness (QED) is 0.621. The summed E-state index contributed by atoms with van der Waals surface area (Å²) in [5.41, 5.74) is 0. The third-order valence-electron chi connectivity index (χ3n) is 3.01. The maximum absolute atomic E-state index is 9.60. The molecule has 2 rings (SSSR count). The fourth-order valence-corrected chi connectivity index (χ4v) is 2.23. The largest absolute Gasteiger partial charge is 0.393 e. The molecule has 1 aliphatic carbocycles. The molecule has 0 aromatic heterocycles. The summed E-state index contributed by atoms with van der Waals surface area (Å²) in [6, 6.07) is 0. The lowest BCUT2D eigenvalue weighted by Gasteiger charge is -2.21. The zero-order chi connectivity index (χ0) is 8.39. The lowest BCUT2D eigenvalue weighted by atomic mass is 10.1. The van der Waals surface area contributed by atoms with Crippen LogP contribution in [0.3, 0.4) is 0 Å². The van der Waals surface area contributed by atoms with Gasteiger partial charge in [-0.05, 0) is 18.8 Å². The average molecular weight is 167 g/mol. The number of hydrogen-bond acceptors (Lipinski definition) is 2. The Morgan fingerprint density at radius 1 is 1.25 bits per heavy atom. The van der Waals surface area contributed by atoms with Crippen LogP contribution in [0.15, 0.2) is 12.2 Å². The highest BCUT2D eigenvalue weighted by Crippen LogP contribution is 2.26. The highest BCUT2D eigenvalue weighted by Gasteiger charge is 2.26. The second kappa shape index (κ2) is 3.58. The molecule has 1 saturated carbocycles. The predicted molar refractivity (Wildman–Crippen MR) is 48.9 cm³/mol. The smallest absolute Gasteiger partial charge is 0.0580 e. The number of aliphatic hydroxyl groups excluding tert-OH is 1. The summed E-state index contributed by atoms with van der Waals surface area (Å²) in [5.74, 6) is 0.546. The van der Waals surface area contributed by atoms with Crippen LogP contribution in [0.5, 0.6) is 0 Å². The highest BCUT2D eigenvalue weighted by molar-refractivity contribution is 4.96. The Labute approximate surface area is 73.9 Å². The topological polar surface area (TPSA) is 23.5 Å². The first-order chi connectivity index (χ1) is 5.86. The van der Waals surface area contributed by atoms with Gasteiger partial charge in [0.05, 0.1) is 6.10 Å². The first-order valence-corrected chi connectivity index (χ1v) is 4.91. The second-order valence-corrected chi connectivity index (χ2v) is 3.95. The van der Waals surface area contributed by atoms with Gasteiger partial charge in [-0.2, -0.15) is 0 Å². The van der Waals surface area contributed by atoms with E-state index in [1.54, 1.807) is 0 Å².